The Morgan fingerprint density at radius 2 is 1.68 bits per heavy atom. The van der Waals surface area contributed by atoms with Gasteiger partial charge in [-0.15, -0.1) is 0 Å². The van der Waals surface area contributed by atoms with E-state index in [1.807, 2.05) is 32.2 Å². The third-order valence-electron chi connectivity index (χ3n) is 6.58. The maximum absolute atomic E-state index is 13.3. The van der Waals surface area contributed by atoms with Gasteiger partial charge in [0.15, 0.2) is 5.78 Å². The fourth-order valence-electron chi connectivity index (χ4n) is 4.88. The fourth-order valence-corrected chi connectivity index (χ4v) is 5.05. The standard InChI is InChI=1S/C29H36ClNO3/c1-20-10-9-12-22(16-20)11-7-5-4-6-8-13-26-29(27(32)17-21(2)18-28(33)34)24-19-23(30)14-15-25(24)31(26)3/h9-10,12,14-16,19,21H,4-8,11,13,17-18H2,1-3H3,(H,33,34). The summed E-state index contributed by atoms with van der Waals surface area (Å²) >= 11 is 6.26. The van der Waals surface area contributed by atoms with Gasteiger partial charge in [-0.25, -0.2) is 0 Å². The van der Waals surface area contributed by atoms with Crippen molar-refractivity contribution in [2.45, 2.75) is 71.6 Å². The molecule has 0 amide bonds. The lowest BCUT2D eigenvalue weighted by atomic mass is 9.94. The molecule has 1 atom stereocenters. The van der Waals surface area contributed by atoms with Crippen LogP contribution in [0.1, 0.15) is 79.0 Å². The Morgan fingerprint density at radius 1 is 0.971 bits per heavy atom. The van der Waals surface area contributed by atoms with Crippen molar-refractivity contribution in [3.05, 3.63) is 69.9 Å². The fraction of sp³-hybridized carbons (Fsp3) is 0.448. The Hall–Kier alpha value is -2.59. The van der Waals surface area contributed by atoms with Gasteiger partial charge in [0.1, 0.15) is 0 Å². The molecule has 1 N–H and O–H groups in total. The topological polar surface area (TPSA) is 59.3 Å². The van der Waals surface area contributed by atoms with Gasteiger partial charge in [-0.1, -0.05) is 67.6 Å². The molecule has 0 aliphatic heterocycles. The molecule has 0 radical (unpaired) electrons. The molecule has 5 heteroatoms. The number of carboxylic acids is 1. The Kier molecular flexibility index (Phi) is 9.35. The number of nitrogens with zero attached hydrogens (tertiary/aromatic N) is 1. The number of Topliss-reactive ketones (excluding diaryl/α,β-unsaturated/α-hetero) is 1. The SMILES string of the molecule is Cc1cccc(CCCCCCCc2c(C(=O)CC(C)CC(=O)O)c3cc(Cl)ccc3n2C)c1. The molecule has 4 nitrogen and oxygen atoms in total. The van der Waals surface area contributed by atoms with Crippen LogP contribution in [-0.4, -0.2) is 21.4 Å². The highest BCUT2D eigenvalue weighted by Gasteiger charge is 2.23. The van der Waals surface area contributed by atoms with Gasteiger partial charge in [-0.05, 0) is 62.3 Å². The highest BCUT2D eigenvalue weighted by molar-refractivity contribution is 6.31. The third-order valence-corrected chi connectivity index (χ3v) is 6.82. The van der Waals surface area contributed by atoms with Crippen LogP contribution in [0.15, 0.2) is 42.5 Å². The van der Waals surface area contributed by atoms with Crippen LogP contribution in [0.2, 0.25) is 5.02 Å². The zero-order valence-electron chi connectivity index (χ0n) is 20.6. The van der Waals surface area contributed by atoms with E-state index in [0.717, 1.165) is 47.8 Å². The van der Waals surface area contributed by atoms with Crippen LogP contribution in [0.3, 0.4) is 0 Å². The second-order valence-corrected chi connectivity index (χ2v) is 10.1. The number of aryl methyl sites for hydroxylation is 3. The number of ketones is 1. The number of carboxylic acid groups (broad SMARTS) is 1. The monoisotopic (exact) mass is 481 g/mol. The highest BCUT2D eigenvalue weighted by Crippen LogP contribution is 2.31. The minimum absolute atomic E-state index is 0.00482. The van der Waals surface area contributed by atoms with E-state index in [0.29, 0.717) is 5.02 Å². The molecule has 0 saturated heterocycles. The number of aliphatic carboxylic acids is 1. The normalized spacial score (nSPS) is 12.2. The molecule has 0 fully saturated rings. The van der Waals surface area contributed by atoms with Crippen LogP contribution in [-0.2, 0) is 24.7 Å². The smallest absolute Gasteiger partial charge is 0.303 e. The van der Waals surface area contributed by atoms with E-state index in [-0.39, 0.29) is 24.5 Å². The largest absolute Gasteiger partial charge is 0.481 e. The summed E-state index contributed by atoms with van der Waals surface area (Å²) in [6.45, 7) is 3.96. The van der Waals surface area contributed by atoms with Gasteiger partial charge in [0, 0.05) is 47.1 Å². The van der Waals surface area contributed by atoms with Crippen molar-refractivity contribution in [2.24, 2.45) is 13.0 Å². The van der Waals surface area contributed by atoms with Crippen LogP contribution in [0.5, 0.6) is 0 Å². The molecule has 2 aromatic carbocycles. The predicted octanol–water partition coefficient (Wildman–Crippen LogP) is 7.56. The molecular weight excluding hydrogens is 446 g/mol. The van der Waals surface area contributed by atoms with Crippen LogP contribution in [0, 0.1) is 12.8 Å². The summed E-state index contributed by atoms with van der Waals surface area (Å²) in [5, 5.41) is 10.6. The van der Waals surface area contributed by atoms with Crippen LogP contribution >= 0.6 is 11.6 Å². The number of benzene rings is 2. The summed E-state index contributed by atoms with van der Waals surface area (Å²) in [7, 11) is 2.00. The van der Waals surface area contributed by atoms with E-state index in [1.54, 1.807) is 0 Å². The van der Waals surface area contributed by atoms with Crippen molar-refractivity contribution >= 4 is 34.3 Å². The summed E-state index contributed by atoms with van der Waals surface area (Å²) in [4.78, 5) is 24.3. The Balaban J connectivity index is 1.62. The molecule has 0 saturated carbocycles. The predicted molar refractivity (Wildman–Crippen MR) is 140 cm³/mol. The van der Waals surface area contributed by atoms with Gasteiger partial charge < -0.3 is 9.67 Å². The number of hydrogen-bond donors (Lipinski definition) is 1. The first-order valence-corrected chi connectivity index (χ1v) is 12.7. The van der Waals surface area contributed by atoms with Crippen LogP contribution in [0.25, 0.3) is 10.9 Å². The van der Waals surface area contributed by atoms with E-state index in [4.69, 9.17) is 16.7 Å². The van der Waals surface area contributed by atoms with E-state index in [9.17, 15) is 9.59 Å². The van der Waals surface area contributed by atoms with Gasteiger partial charge in [-0.3, -0.25) is 9.59 Å². The van der Waals surface area contributed by atoms with Crippen LogP contribution in [0.4, 0.5) is 0 Å². The molecule has 3 aromatic rings. The van der Waals surface area contributed by atoms with Crippen molar-refractivity contribution in [3.8, 4) is 0 Å². The second kappa shape index (κ2) is 12.2. The number of fused-ring (bicyclic) bond motifs is 1. The zero-order chi connectivity index (χ0) is 24.7. The summed E-state index contributed by atoms with van der Waals surface area (Å²) in [5.41, 5.74) is 5.47. The highest BCUT2D eigenvalue weighted by atomic mass is 35.5. The molecule has 1 aromatic heterocycles. The quantitative estimate of drug-likeness (QED) is 0.202. The maximum Gasteiger partial charge on any atom is 0.303 e. The number of hydrogen-bond acceptors (Lipinski definition) is 2. The summed E-state index contributed by atoms with van der Waals surface area (Å²) < 4.78 is 2.11. The van der Waals surface area contributed by atoms with E-state index >= 15 is 0 Å². The number of unbranched alkanes of at least 4 members (excludes halogenated alkanes) is 4. The van der Waals surface area contributed by atoms with Gasteiger partial charge >= 0.3 is 5.97 Å². The maximum atomic E-state index is 13.3. The van der Waals surface area contributed by atoms with Gasteiger partial charge in [0.2, 0.25) is 0 Å². The second-order valence-electron chi connectivity index (χ2n) is 9.63. The van der Waals surface area contributed by atoms with Gasteiger partial charge in [0.25, 0.3) is 0 Å². The first-order chi connectivity index (χ1) is 16.3. The average Bonchev–Trinajstić information content (AvgIpc) is 3.03. The molecule has 34 heavy (non-hydrogen) atoms. The molecule has 182 valence electrons. The molecule has 0 bridgehead atoms. The van der Waals surface area contributed by atoms with Crippen molar-refractivity contribution in [2.75, 3.05) is 0 Å². The summed E-state index contributed by atoms with van der Waals surface area (Å²) in [5.74, 6) is -1.07. The Bertz CT molecular complexity index is 1150. The van der Waals surface area contributed by atoms with Crippen molar-refractivity contribution in [3.63, 3.8) is 0 Å². The lowest BCUT2D eigenvalue weighted by Crippen LogP contribution is -2.12. The lowest BCUT2D eigenvalue weighted by molar-refractivity contribution is -0.137. The van der Waals surface area contributed by atoms with E-state index in [1.165, 1.54) is 30.4 Å². The third kappa shape index (κ3) is 6.96. The minimum Gasteiger partial charge on any atom is -0.481 e. The number of carbonyl (C=O) groups excluding carboxylic acids is 1. The molecule has 1 heterocycles. The lowest BCUT2D eigenvalue weighted by Gasteiger charge is -2.11. The zero-order valence-corrected chi connectivity index (χ0v) is 21.3. The molecule has 0 spiro atoms. The molecule has 1 unspecified atom stereocenters. The Labute approximate surface area is 207 Å². The van der Waals surface area contributed by atoms with E-state index < -0.39 is 5.97 Å². The van der Waals surface area contributed by atoms with Crippen molar-refractivity contribution in [1.29, 1.82) is 0 Å². The van der Waals surface area contributed by atoms with Crippen molar-refractivity contribution < 1.29 is 14.7 Å². The molecule has 3 rings (SSSR count). The Morgan fingerprint density at radius 3 is 2.38 bits per heavy atom. The van der Waals surface area contributed by atoms with Crippen LogP contribution < -0.4 is 0 Å². The number of aromatic nitrogens is 1. The first kappa shape index (κ1) is 26.0. The molecule has 0 aliphatic carbocycles. The van der Waals surface area contributed by atoms with E-state index in [2.05, 4.69) is 35.8 Å². The van der Waals surface area contributed by atoms with Crippen molar-refractivity contribution in [1.82, 2.24) is 4.57 Å². The number of halogens is 1. The minimum atomic E-state index is -0.871. The number of rotatable bonds is 13. The summed E-state index contributed by atoms with van der Waals surface area (Å²) in [6, 6.07) is 14.4. The van der Waals surface area contributed by atoms with Gasteiger partial charge in [-0.2, -0.15) is 0 Å². The first-order valence-electron chi connectivity index (χ1n) is 12.3. The average molecular weight is 482 g/mol. The molecule has 0 aliphatic rings. The number of carbonyl (C=O) groups is 2. The molecular formula is C29H36ClNO3. The van der Waals surface area contributed by atoms with Gasteiger partial charge in [0.05, 0.1) is 0 Å². The summed E-state index contributed by atoms with van der Waals surface area (Å²) in [6.07, 6.45) is 7.90.